The van der Waals surface area contributed by atoms with Crippen LogP contribution in [-0.2, 0) is 11.3 Å². The molecule has 178 valence electrons. The van der Waals surface area contributed by atoms with Crippen molar-refractivity contribution in [1.29, 1.82) is 0 Å². The van der Waals surface area contributed by atoms with Gasteiger partial charge in [-0.05, 0) is 49.3 Å². The Balaban J connectivity index is 1.58. The zero-order valence-electron chi connectivity index (χ0n) is 20.6. The van der Waals surface area contributed by atoms with Gasteiger partial charge in [-0.15, -0.1) is 0 Å². The van der Waals surface area contributed by atoms with Crippen LogP contribution in [0, 0.1) is 11.8 Å². The first kappa shape index (κ1) is 23.3. The first-order chi connectivity index (χ1) is 16.4. The van der Waals surface area contributed by atoms with E-state index in [9.17, 15) is 5.11 Å². The van der Waals surface area contributed by atoms with E-state index < -0.39 is 6.10 Å². The molecule has 2 fully saturated rings. The Kier molecular flexibility index (Phi) is 6.61. The van der Waals surface area contributed by atoms with Crippen molar-refractivity contribution >= 4 is 0 Å². The number of ether oxygens (including phenoxy) is 1. The molecular weight excluding hydrogens is 418 g/mol. The average molecular weight is 456 g/mol. The summed E-state index contributed by atoms with van der Waals surface area (Å²) in [7, 11) is 0. The average Bonchev–Trinajstić information content (AvgIpc) is 2.86. The van der Waals surface area contributed by atoms with Crippen LogP contribution in [0.2, 0.25) is 0 Å². The molecule has 5 rings (SSSR count). The fourth-order valence-corrected chi connectivity index (χ4v) is 6.15. The van der Waals surface area contributed by atoms with E-state index in [1.165, 1.54) is 18.4 Å². The second-order valence-electron chi connectivity index (χ2n) is 10.8. The summed E-state index contributed by atoms with van der Waals surface area (Å²) in [6.45, 7) is 7.96. The fourth-order valence-electron chi connectivity index (χ4n) is 6.15. The van der Waals surface area contributed by atoms with Gasteiger partial charge >= 0.3 is 0 Å². The lowest BCUT2D eigenvalue weighted by Crippen LogP contribution is -2.61. The SMILES string of the molecule is C[C@@H]1CC[C@@H]2[C@@H](C1)O[C@@H](c1ccccc1[C@H](O)c1ccccc1)N(Cc1ccccc1)C2(C)C. The summed E-state index contributed by atoms with van der Waals surface area (Å²) in [6, 6.07) is 28.9. The van der Waals surface area contributed by atoms with Gasteiger partial charge in [-0.1, -0.05) is 98.3 Å². The van der Waals surface area contributed by atoms with E-state index in [2.05, 4.69) is 74.2 Å². The standard InChI is InChI=1S/C31H37NO2/c1-22-18-19-27-28(20-22)34-30(32(31(27,2)3)21-23-12-6-4-7-13-23)26-17-11-10-16-25(26)29(33)24-14-8-5-9-15-24/h4-17,22,27-30,33H,18-21H2,1-3H3/t22-,27-,28-,29-,30+/m1/s1. The number of aliphatic hydroxyl groups is 1. The molecule has 0 spiro atoms. The van der Waals surface area contributed by atoms with Crippen LogP contribution < -0.4 is 0 Å². The quantitative estimate of drug-likeness (QED) is 0.455. The number of hydrogen-bond donors (Lipinski definition) is 1. The molecule has 0 bridgehead atoms. The van der Waals surface area contributed by atoms with Crippen molar-refractivity contribution in [1.82, 2.24) is 4.90 Å². The third kappa shape index (κ3) is 4.45. The van der Waals surface area contributed by atoms with Crippen molar-refractivity contribution in [3.63, 3.8) is 0 Å². The van der Waals surface area contributed by atoms with Crippen molar-refractivity contribution in [2.45, 2.75) is 70.6 Å². The molecule has 0 unspecified atom stereocenters. The molecule has 3 nitrogen and oxygen atoms in total. The zero-order chi connectivity index (χ0) is 23.7. The molecule has 0 radical (unpaired) electrons. The third-order valence-electron chi connectivity index (χ3n) is 8.16. The van der Waals surface area contributed by atoms with Crippen LogP contribution in [0.1, 0.15) is 74.6 Å². The normalized spacial score (nSPS) is 27.6. The summed E-state index contributed by atoms with van der Waals surface area (Å²) < 4.78 is 7.01. The first-order valence-electron chi connectivity index (χ1n) is 12.7. The van der Waals surface area contributed by atoms with Crippen LogP contribution in [0.3, 0.4) is 0 Å². The molecule has 5 atom stereocenters. The van der Waals surface area contributed by atoms with Gasteiger partial charge in [-0.25, -0.2) is 0 Å². The predicted molar refractivity (Wildman–Crippen MR) is 137 cm³/mol. The monoisotopic (exact) mass is 455 g/mol. The highest BCUT2D eigenvalue weighted by Gasteiger charge is 2.51. The largest absolute Gasteiger partial charge is 0.384 e. The highest BCUT2D eigenvalue weighted by molar-refractivity contribution is 5.37. The molecule has 1 saturated carbocycles. The smallest absolute Gasteiger partial charge is 0.138 e. The minimum absolute atomic E-state index is 0.0334. The van der Waals surface area contributed by atoms with Gasteiger partial charge in [0.25, 0.3) is 0 Å². The van der Waals surface area contributed by atoms with Gasteiger partial charge in [0.2, 0.25) is 0 Å². The molecule has 3 heteroatoms. The summed E-state index contributed by atoms with van der Waals surface area (Å²) in [4.78, 5) is 2.54. The molecule has 0 amide bonds. The predicted octanol–water partition coefficient (Wildman–Crippen LogP) is 6.88. The molecule has 0 aromatic heterocycles. The van der Waals surface area contributed by atoms with Gasteiger partial charge in [0.1, 0.15) is 12.3 Å². The molecule has 1 N–H and O–H groups in total. The Hall–Kier alpha value is -2.46. The van der Waals surface area contributed by atoms with Crippen LogP contribution in [0.5, 0.6) is 0 Å². The maximum Gasteiger partial charge on any atom is 0.138 e. The van der Waals surface area contributed by atoms with Crippen molar-refractivity contribution in [2.75, 3.05) is 0 Å². The second kappa shape index (κ2) is 9.65. The van der Waals surface area contributed by atoms with E-state index in [-0.39, 0.29) is 17.9 Å². The number of rotatable bonds is 5. The van der Waals surface area contributed by atoms with E-state index in [0.717, 1.165) is 29.7 Å². The Labute approximate surface area is 204 Å². The summed E-state index contributed by atoms with van der Waals surface area (Å²) in [6.07, 6.45) is 2.90. The number of benzene rings is 3. The Morgan fingerprint density at radius 2 is 1.56 bits per heavy atom. The Morgan fingerprint density at radius 1 is 0.912 bits per heavy atom. The van der Waals surface area contributed by atoms with Crippen molar-refractivity contribution < 1.29 is 9.84 Å². The zero-order valence-corrected chi connectivity index (χ0v) is 20.6. The molecule has 3 aromatic rings. The lowest BCUT2D eigenvalue weighted by atomic mass is 9.69. The third-order valence-corrected chi connectivity index (χ3v) is 8.16. The Bertz CT molecular complexity index is 1080. The summed E-state index contributed by atoms with van der Waals surface area (Å²) in [5, 5.41) is 11.4. The lowest BCUT2D eigenvalue weighted by molar-refractivity contribution is -0.241. The molecule has 1 aliphatic heterocycles. The first-order valence-corrected chi connectivity index (χ1v) is 12.7. The van der Waals surface area contributed by atoms with Crippen LogP contribution >= 0.6 is 0 Å². The molecule has 1 heterocycles. The number of fused-ring (bicyclic) bond motifs is 1. The van der Waals surface area contributed by atoms with E-state index in [0.29, 0.717) is 11.8 Å². The molecule has 3 aromatic carbocycles. The maximum atomic E-state index is 11.4. The van der Waals surface area contributed by atoms with Crippen LogP contribution in [0.25, 0.3) is 0 Å². The maximum absolute atomic E-state index is 11.4. The van der Waals surface area contributed by atoms with Crippen LogP contribution in [-0.4, -0.2) is 21.6 Å². The van der Waals surface area contributed by atoms with E-state index in [1.807, 2.05) is 36.4 Å². The number of nitrogens with zero attached hydrogens (tertiary/aromatic N) is 1. The van der Waals surface area contributed by atoms with Gasteiger partial charge in [0.15, 0.2) is 0 Å². The molecule has 34 heavy (non-hydrogen) atoms. The minimum Gasteiger partial charge on any atom is -0.384 e. The molecule has 1 saturated heterocycles. The number of hydrogen-bond acceptors (Lipinski definition) is 3. The minimum atomic E-state index is -0.689. The summed E-state index contributed by atoms with van der Waals surface area (Å²) in [5.41, 5.74) is 4.15. The summed E-state index contributed by atoms with van der Waals surface area (Å²) >= 11 is 0. The highest BCUT2D eigenvalue weighted by Crippen LogP contribution is 2.50. The van der Waals surface area contributed by atoms with Gasteiger partial charge in [-0.3, -0.25) is 4.90 Å². The van der Waals surface area contributed by atoms with Crippen molar-refractivity contribution in [3.8, 4) is 0 Å². The lowest BCUT2D eigenvalue weighted by Gasteiger charge is -2.57. The van der Waals surface area contributed by atoms with Crippen LogP contribution in [0.15, 0.2) is 84.9 Å². The topological polar surface area (TPSA) is 32.7 Å². The molecule has 1 aliphatic carbocycles. The summed E-state index contributed by atoms with van der Waals surface area (Å²) in [5.74, 6) is 1.18. The molecular formula is C31H37NO2. The second-order valence-corrected chi connectivity index (χ2v) is 10.8. The van der Waals surface area contributed by atoms with Crippen molar-refractivity contribution in [2.24, 2.45) is 11.8 Å². The van der Waals surface area contributed by atoms with Crippen LogP contribution in [0.4, 0.5) is 0 Å². The van der Waals surface area contributed by atoms with Gasteiger partial charge in [0.05, 0.1) is 6.10 Å². The number of aliphatic hydroxyl groups excluding tert-OH is 1. The Morgan fingerprint density at radius 3 is 2.29 bits per heavy atom. The van der Waals surface area contributed by atoms with Gasteiger partial charge in [-0.2, -0.15) is 0 Å². The van der Waals surface area contributed by atoms with E-state index in [1.54, 1.807) is 0 Å². The fraction of sp³-hybridized carbons (Fsp3) is 0.419. The van der Waals surface area contributed by atoms with E-state index >= 15 is 0 Å². The highest BCUT2D eigenvalue weighted by atomic mass is 16.5. The van der Waals surface area contributed by atoms with Gasteiger partial charge < -0.3 is 9.84 Å². The van der Waals surface area contributed by atoms with Gasteiger partial charge in [0, 0.05) is 23.6 Å². The molecule has 2 aliphatic rings. The van der Waals surface area contributed by atoms with Crippen molar-refractivity contribution in [3.05, 3.63) is 107 Å². The van der Waals surface area contributed by atoms with E-state index in [4.69, 9.17) is 4.74 Å².